The number of nitrogens with zero attached hydrogens (tertiary/aromatic N) is 1. The summed E-state index contributed by atoms with van der Waals surface area (Å²) in [5.74, 6) is -2.12. The minimum absolute atomic E-state index is 0.0732. The molecule has 4 nitrogen and oxygen atoms in total. The van der Waals surface area contributed by atoms with Crippen LogP contribution in [0.4, 0.5) is 5.69 Å². The second kappa shape index (κ2) is 5.02. The Bertz CT molecular complexity index is 936. The summed E-state index contributed by atoms with van der Waals surface area (Å²) in [6, 6.07) is 14.4. The van der Waals surface area contributed by atoms with Gasteiger partial charge in [-0.05, 0) is 35.4 Å². The predicted molar refractivity (Wildman–Crippen MR) is 92.5 cm³/mol. The molecule has 4 aliphatic rings. The molecule has 0 N–H and O–H groups in total. The van der Waals surface area contributed by atoms with Crippen molar-refractivity contribution in [3.8, 4) is 0 Å². The van der Waals surface area contributed by atoms with Crippen LogP contribution < -0.4 is 4.90 Å². The van der Waals surface area contributed by atoms with Crippen molar-refractivity contribution in [1.29, 1.82) is 0 Å². The molecule has 2 fully saturated rings. The first-order valence-corrected chi connectivity index (χ1v) is 8.70. The lowest BCUT2D eigenvalue weighted by atomic mass is 9.56. The Hall–Kier alpha value is -2.46. The molecule has 6 rings (SSSR count). The van der Waals surface area contributed by atoms with Crippen LogP contribution in [0.3, 0.4) is 0 Å². The first-order chi connectivity index (χ1) is 12.1. The third-order valence-electron chi connectivity index (χ3n) is 5.77. The third-order valence-corrected chi connectivity index (χ3v) is 6.03. The Morgan fingerprint density at radius 1 is 0.840 bits per heavy atom. The molecule has 1 heterocycles. The maximum atomic E-state index is 13.1. The molecular weight excluding hydrogens is 338 g/mol. The molecule has 2 amide bonds. The summed E-state index contributed by atoms with van der Waals surface area (Å²) in [5.41, 5.74) is 2.49. The number of carbonyl (C=O) groups is 3. The molecule has 1 saturated heterocycles. The van der Waals surface area contributed by atoms with Gasteiger partial charge in [0.05, 0.1) is 23.4 Å². The van der Waals surface area contributed by atoms with Gasteiger partial charge in [-0.2, -0.15) is 0 Å². The highest BCUT2D eigenvalue weighted by Gasteiger charge is 2.62. The molecule has 3 aliphatic carbocycles. The van der Waals surface area contributed by atoms with E-state index in [9.17, 15) is 14.4 Å². The Labute approximate surface area is 149 Å². The average molecular weight is 352 g/mol. The summed E-state index contributed by atoms with van der Waals surface area (Å²) >= 11 is 5.92. The van der Waals surface area contributed by atoms with Crippen molar-refractivity contribution >= 4 is 34.9 Å². The van der Waals surface area contributed by atoms with Gasteiger partial charge >= 0.3 is 0 Å². The van der Waals surface area contributed by atoms with Gasteiger partial charge < -0.3 is 0 Å². The van der Waals surface area contributed by atoms with E-state index in [1.54, 1.807) is 24.3 Å². The first-order valence-electron chi connectivity index (χ1n) is 8.33. The number of amides is 2. The third kappa shape index (κ3) is 1.86. The molecule has 4 atom stereocenters. The number of benzene rings is 2. The smallest absolute Gasteiger partial charge is 0.238 e. The molecule has 1 saturated carbocycles. The number of ketones is 1. The number of anilines is 1. The van der Waals surface area contributed by atoms with Crippen LogP contribution in [0.1, 0.15) is 29.4 Å². The van der Waals surface area contributed by atoms with E-state index >= 15 is 0 Å². The largest absolute Gasteiger partial charge is 0.299 e. The number of rotatable bonds is 1. The van der Waals surface area contributed by atoms with Gasteiger partial charge in [0.1, 0.15) is 5.78 Å². The van der Waals surface area contributed by atoms with Crippen molar-refractivity contribution in [2.45, 2.75) is 18.3 Å². The van der Waals surface area contributed by atoms with Crippen LogP contribution in [0, 0.1) is 11.8 Å². The molecule has 0 radical (unpaired) electrons. The van der Waals surface area contributed by atoms with E-state index in [4.69, 9.17) is 11.6 Å². The molecule has 1 aliphatic heterocycles. The molecule has 0 spiro atoms. The van der Waals surface area contributed by atoms with Crippen molar-refractivity contribution in [3.63, 3.8) is 0 Å². The zero-order valence-electron chi connectivity index (χ0n) is 13.2. The van der Waals surface area contributed by atoms with Crippen LogP contribution in [0.25, 0.3) is 0 Å². The van der Waals surface area contributed by atoms with E-state index < -0.39 is 17.8 Å². The van der Waals surface area contributed by atoms with E-state index in [1.165, 1.54) is 4.90 Å². The normalized spacial score (nSPS) is 29.8. The number of hydrogen-bond donors (Lipinski definition) is 0. The van der Waals surface area contributed by atoms with Gasteiger partial charge in [-0.25, -0.2) is 0 Å². The van der Waals surface area contributed by atoms with Crippen molar-refractivity contribution in [2.24, 2.45) is 11.8 Å². The second-order valence-corrected chi connectivity index (χ2v) is 7.36. The number of imide groups is 1. The Kier molecular flexibility index (Phi) is 2.98. The van der Waals surface area contributed by atoms with E-state index in [1.807, 2.05) is 24.3 Å². The zero-order valence-corrected chi connectivity index (χ0v) is 13.9. The lowest BCUT2D eigenvalue weighted by Gasteiger charge is -2.43. The number of carbonyl (C=O) groups excluding carboxylic acids is 3. The number of fused-ring (bicyclic) bond motifs is 1. The molecule has 2 aromatic rings. The van der Waals surface area contributed by atoms with Gasteiger partial charge in [0.2, 0.25) is 11.8 Å². The van der Waals surface area contributed by atoms with Crippen LogP contribution in [-0.4, -0.2) is 17.6 Å². The fourth-order valence-electron chi connectivity index (χ4n) is 4.80. The molecular formula is C20H14ClNO3. The van der Waals surface area contributed by atoms with Gasteiger partial charge in [0, 0.05) is 17.4 Å². The van der Waals surface area contributed by atoms with E-state index in [2.05, 4.69) is 0 Å². The van der Waals surface area contributed by atoms with Crippen LogP contribution in [0.2, 0.25) is 5.02 Å². The summed E-state index contributed by atoms with van der Waals surface area (Å²) < 4.78 is 0. The summed E-state index contributed by atoms with van der Waals surface area (Å²) in [6.45, 7) is 0. The van der Waals surface area contributed by atoms with Crippen molar-refractivity contribution in [2.75, 3.05) is 4.90 Å². The van der Waals surface area contributed by atoms with Crippen LogP contribution in [-0.2, 0) is 14.4 Å². The van der Waals surface area contributed by atoms with E-state index in [0.29, 0.717) is 17.1 Å². The highest BCUT2D eigenvalue weighted by Crippen LogP contribution is 2.57. The topological polar surface area (TPSA) is 54.5 Å². The number of halogens is 1. The SMILES string of the molecule is O=C1C[C@H]2c3ccccc3[C@@H]1[C@H]1C(=O)N(c3ccc(Cl)cc3)C(=O)[C@@H]12. The predicted octanol–water partition coefficient (Wildman–Crippen LogP) is 3.30. The summed E-state index contributed by atoms with van der Waals surface area (Å²) in [6.07, 6.45) is 0.344. The Balaban J connectivity index is 1.65. The maximum Gasteiger partial charge on any atom is 0.238 e. The average Bonchev–Trinajstić information content (AvgIpc) is 2.88. The van der Waals surface area contributed by atoms with E-state index in [-0.39, 0.29) is 23.5 Å². The highest BCUT2D eigenvalue weighted by atomic mass is 35.5. The summed E-state index contributed by atoms with van der Waals surface area (Å²) in [7, 11) is 0. The van der Waals surface area contributed by atoms with Crippen molar-refractivity contribution < 1.29 is 14.4 Å². The van der Waals surface area contributed by atoms with Crippen LogP contribution >= 0.6 is 11.6 Å². The lowest BCUT2D eigenvalue weighted by molar-refractivity contribution is -0.134. The fourth-order valence-corrected chi connectivity index (χ4v) is 4.93. The maximum absolute atomic E-state index is 13.1. The van der Waals surface area contributed by atoms with Gasteiger partial charge in [-0.1, -0.05) is 35.9 Å². The molecule has 2 bridgehead atoms. The fraction of sp³-hybridized carbons (Fsp3) is 0.250. The van der Waals surface area contributed by atoms with Crippen LogP contribution in [0.15, 0.2) is 48.5 Å². The monoisotopic (exact) mass is 351 g/mol. The van der Waals surface area contributed by atoms with Crippen molar-refractivity contribution in [3.05, 3.63) is 64.7 Å². The quantitative estimate of drug-likeness (QED) is 0.741. The van der Waals surface area contributed by atoms with Gasteiger partial charge in [0.25, 0.3) is 0 Å². The van der Waals surface area contributed by atoms with Gasteiger partial charge in [-0.15, -0.1) is 0 Å². The number of Topliss-reactive ketones (excluding diaryl/α,β-unsaturated/α-hetero) is 1. The molecule has 124 valence electrons. The van der Waals surface area contributed by atoms with Crippen LogP contribution in [0.5, 0.6) is 0 Å². The summed E-state index contributed by atoms with van der Waals surface area (Å²) in [4.78, 5) is 40.1. The van der Waals surface area contributed by atoms with Gasteiger partial charge in [-0.3, -0.25) is 19.3 Å². The lowest BCUT2D eigenvalue weighted by Crippen LogP contribution is -2.44. The van der Waals surface area contributed by atoms with E-state index in [0.717, 1.165) is 11.1 Å². The highest BCUT2D eigenvalue weighted by molar-refractivity contribution is 6.31. The molecule has 0 aromatic heterocycles. The number of hydrogen-bond acceptors (Lipinski definition) is 3. The summed E-state index contributed by atoms with van der Waals surface area (Å²) in [5, 5.41) is 0.544. The molecule has 5 heteroatoms. The minimum Gasteiger partial charge on any atom is -0.299 e. The van der Waals surface area contributed by atoms with Crippen molar-refractivity contribution in [1.82, 2.24) is 0 Å². The Morgan fingerprint density at radius 2 is 1.48 bits per heavy atom. The second-order valence-electron chi connectivity index (χ2n) is 6.92. The first kappa shape index (κ1) is 14.8. The minimum atomic E-state index is -0.579. The molecule has 2 aromatic carbocycles. The molecule has 0 unspecified atom stereocenters. The Morgan fingerprint density at radius 3 is 2.20 bits per heavy atom. The standard InChI is InChI=1S/C20H14ClNO3/c21-10-5-7-11(8-6-10)22-19(24)17-14-9-15(23)16(18(17)20(22)25)13-4-2-1-3-12(13)14/h1-8,14,16-18H,9H2/t14-,16-,17+,18+/m0/s1. The molecule has 25 heavy (non-hydrogen) atoms. The van der Waals surface area contributed by atoms with Gasteiger partial charge in [0.15, 0.2) is 0 Å². The zero-order chi connectivity index (χ0) is 17.3.